The summed E-state index contributed by atoms with van der Waals surface area (Å²) in [6.45, 7) is 5.71. The van der Waals surface area contributed by atoms with E-state index in [0.717, 1.165) is 37.9 Å². The molecule has 17 heavy (non-hydrogen) atoms. The van der Waals surface area contributed by atoms with E-state index in [9.17, 15) is 0 Å². The third-order valence-electron chi connectivity index (χ3n) is 2.93. The molecule has 1 unspecified atom stereocenters. The number of pyridine rings is 1. The highest BCUT2D eigenvalue weighted by Gasteiger charge is 2.13. The van der Waals surface area contributed by atoms with E-state index in [2.05, 4.69) is 22.5 Å². The van der Waals surface area contributed by atoms with Crippen LogP contribution in [-0.2, 0) is 4.74 Å². The van der Waals surface area contributed by atoms with Gasteiger partial charge in [-0.05, 0) is 37.8 Å². The van der Waals surface area contributed by atoms with Gasteiger partial charge in [-0.1, -0.05) is 6.07 Å². The highest BCUT2D eigenvalue weighted by atomic mass is 16.5. The van der Waals surface area contributed by atoms with Gasteiger partial charge in [0.1, 0.15) is 11.6 Å². The number of aromatic nitrogens is 1. The Morgan fingerprint density at radius 2 is 2.18 bits per heavy atom. The van der Waals surface area contributed by atoms with Crippen molar-refractivity contribution >= 4 is 11.6 Å². The first kappa shape index (κ1) is 12.2. The molecule has 0 aliphatic carbocycles. The Morgan fingerprint density at radius 3 is 2.88 bits per heavy atom. The molecular weight excluding hydrogens is 214 g/mol. The van der Waals surface area contributed by atoms with Gasteiger partial charge in [0.05, 0.1) is 6.61 Å². The Balaban J connectivity index is 1.83. The Morgan fingerprint density at radius 1 is 1.35 bits per heavy atom. The summed E-state index contributed by atoms with van der Waals surface area (Å²) in [5, 5.41) is 6.59. The Hall–Kier alpha value is -1.29. The molecule has 1 aromatic heterocycles. The molecule has 1 aromatic rings. The summed E-state index contributed by atoms with van der Waals surface area (Å²) in [5.41, 5.74) is 0. The number of nitrogens with zero attached hydrogens (tertiary/aromatic N) is 1. The van der Waals surface area contributed by atoms with Gasteiger partial charge in [-0.25, -0.2) is 4.98 Å². The minimum absolute atomic E-state index is 0.619. The first-order chi connectivity index (χ1) is 8.38. The maximum atomic E-state index is 5.46. The lowest BCUT2D eigenvalue weighted by Crippen LogP contribution is -2.24. The van der Waals surface area contributed by atoms with Crippen molar-refractivity contribution in [3.63, 3.8) is 0 Å². The summed E-state index contributed by atoms with van der Waals surface area (Å²) >= 11 is 0. The van der Waals surface area contributed by atoms with Gasteiger partial charge in [0, 0.05) is 19.7 Å². The van der Waals surface area contributed by atoms with Crippen LogP contribution < -0.4 is 10.6 Å². The number of hydrogen-bond donors (Lipinski definition) is 2. The van der Waals surface area contributed by atoms with Crippen LogP contribution in [0, 0.1) is 5.92 Å². The molecule has 0 spiro atoms. The molecule has 2 N–H and O–H groups in total. The predicted molar refractivity (Wildman–Crippen MR) is 70.4 cm³/mol. The molecule has 0 aromatic carbocycles. The van der Waals surface area contributed by atoms with Gasteiger partial charge in [0.15, 0.2) is 0 Å². The average Bonchev–Trinajstić information content (AvgIpc) is 2.39. The fourth-order valence-electron chi connectivity index (χ4n) is 2.03. The lowest BCUT2D eigenvalue weighted by atomic mass is 10.0. The van der Waals surface area contributed by atoms with Crippen molar-refractivity contribution < 1.29 is 4.74 Å². The summed E-state index contributed by atoms with van der Waals surface area (Å²) in [5.74, 6) is 2.49. The van der Waals surface area contributed by atoms with Gasteiger partial charge in [-0.2, -0.15) is 0 Å². The van der Waals surface area contributed by atoms with E-state index in [1.54, 1.807) is 0 Å². The average molecular weight is 235 g/mol. The van der Waals surface area contributed by atoms with Crippen LogP contribution in [-0.4, -0.2) is 31.3 Å². The smallest absolute Gasteiger partial charge is 0.128 e. The lowest BCUT2D eigenvalue weighted by molar-refractivity contribution is 0.0595. The molecule has 0 saturated carbocycles. The van der Waals surface area contributed by atoms with Gasteiger partial charge in [-0.15, -0.1) is 0 Å². The molecule has 0 radical (unpaired) electrons. The Kier molecular flexibility index (Phi) is 4.62. The first-order valence-corrected chi connectivity index (χ1v) is 6.41. The zero-order chi connectivity index (χ0) is 11.9. The first-order valence-electron chi connectivity index (χ1n) is 6.41. The second-order valence-corrected chi connectivity index (χ2v) is 4.40. The minimum Gasteiger partial charge on any atom is -0.381 e. The van der Waals surface area contributed by atoms with Crippen LogP contribution in [0.15, 0.2) is 18.2 Å². The molecule has 0 bridgehead atoms. The predicted octanol–water partition coefficient (Wildman–Crippen LogP) is 2.35. The molecule has 1 aliphatic heterocycles. The third kappa shape index (κ3) is 3.89. The topological polar surface area (TPSA) is 46.2 Å². The summed E-state index contributed by atoms with van der Waals surface area (Å²) in [7, 11) is 0. The van der Waals surface area contributed by atoms with E-state index in [0.29, 0.717) is 5.92 Å². The third-order valence-corrected chi connectivity index (χ3v) is 2.93. The van der Waals surface area contributed by atoms with Crippen molar-refractivity contribution in [2.24, 2.45) is 5.92 Å². The van der Waals surface area contributed by atoms with Crippen LogP contribution in [0.4, 0.5) is 11.6 Å². The molecule has 4 heteroatoms. The van der Waals surface area contributed by atoms with Gasteiger partial charge in [0.25, 0.3) is 0 Å². The molecule has 94 valence electrons. The molecule has 1 fully saturated rings. The summed E-state index contributed by atoms with van der Waals surface area (Å²) < 4.78 is 5.46. The number of nitrogens with one attached hydrogen (secondary N) is 2. The van der Waals surface area contributed by atoms with Crippen LogP contribution in [0.3, 0.4) is 0 Å². The van der Waals surface area contributed by atoms with Crippen molar-refractivity contribution in [1.29, 1.82) is 0 Å². The number of ether oxygens (including phenoxy) is 1. The summed E-state index contributed by atoms with van der Waals surface area (Å²) in [4.78, 5) is 4.48. The number of anilines is 2. The van der Waals surface area contributed by atoms with Crippen LogP contribution in [0.25, 0.3) is 0 Å². The largest absolute Gasteiger partial charge is 0.381 e. The zero-order valence-corrected chi connectivity index (χ0v) is 10.4. The normalized spacial score (nSPS) is 19.9. The van der Waals surface area contributed by atoms with Crippen molar-refractivity contribution in [1.82, 2.24) is 4.98 Å². The van der Waals surface area contributed by atoms with Crippen LogP contribution in [0.2, 0.25) is 0 Å². The van der Waals surface area contributed by atoms with E-state index in [4.69, 9.17) is 4.74 Å². The Labute approximate surface area is 103 Å². The quantitative estimate of drug-likeness (QED) is 0.822. The van der Waals surface area contributed by atoms with Gasteiger partial charge < -0.3 is 15.4 Å². The van der Waals surface area contributed by atoms with Gasteiger partial charge in [-0.3, -0.25) is 0 Å². The molecule has 0 amide bonds. The molecule has 4 nitrogen and oxygen atoms in total. The lowest BCUT2D eigenvalue weighted by Gasteiger charge is -2.22. The van der Waals surface area contributed by atoms with Gasteiger partial charge in [0.2, 0.25) is 0 Å². The highest BCUT2D eigenvalue weighted by molar-refractivity contribution is 5.44. The van der Waals surface area contributed by atoms with Gasteiger partial charge >= 0.3 is 0 Å². The van der Waals surface area contributed by atoms with E-state index in [1.165, 1.54) is 12.8 Å². The molecule has 2 rings (SSSR count). The monoisotopic (exact) mass is 235 g/mol. The fourth-order valence-corrected chi connectivity index (χ4v) is 2.03. The standard InChI is InChI=1S/C13H21N3O/c1-2-14-12-6-3-7-13(16-12)15-9-11-5-4-8-17-10-11/h3,6-7,11H,2,4-5,8-10H2,1H3,(H2,14,15,16). The molecule has 1 atom stereocenters. The van der Waals surface area contributed by atoms with Crippen LogP contribution in [0.5, 0.6) is 0 Å². The van der Waals surface area contributed by atoms with Crippen LogP contribution in [0.1, 0.15) is 19.8 Å². The van der Waals surface area contributed by atoms with E-state index in [1.807, 2.05) is 18.2 Å². The zero-order valence-electron chi connectivity index (χ0n) is 10.4. The van der Waals surface area contributed by atoms with Crippen molar-refractivity contribution in [2.75, 3.05) is 36.9 Å². The van der Waals surface area contributed by atoms with Crippen molar-refractivity contribution in [3.05, 3.63) is 18.2 Å². The molecule has 1 aliphatic rings. The minimum atomic E-state index is 0.619. The van der Waals surface area contributed by atoms with E-state index < -0.39 is 0 Å². The van der Waals surface area contributed by atoms with Crippen LogP contribution >= 0.6 is 0 Å². The summed E-state index contributed by atoms with van der Waals surface area (Å²) in [6, 6.07) is 6.01. The maximum absolute atomic E-state index is 5.46. The number of hydrogen-bond acceptors (Lipinski definition) is 4. The maximum Gasteiger partial charge on any atom is 0.128 e. The highest BCUT2D eigenvalue weighted by Crippen LogP contribution is 2.15. The number of rotatable bonds is 5. The SMILES string of the molecule is CCNc1cccc(NCC2CCCOC2)n1. The second kappa shape index (κ2) is 6.45. The van der Waals surface area contributed by atoms with Crippen molar-refractivity contribution in [3.8, 4) is 0 Å². The molecule has 1 saturated heterocycles. The van der Waals surface area contributed by atoms with Crippen molar-refractivity contribution in [2.45, 2.75) is 19.8 Å². The Bertz CT molecular complexity index is 337. The second-order valence-electron chi connectivity index (χ2n) is 4.40. The van der Waals surface area contributed by atoms with E-state index in [-0.39, 0.29) is 0 Å². The fraction of sp³-hybridized carbons (Fsp3) is 0.615. The van der Waals surface area contributed by atoms with E-state index >= 15 is 0 Å². The molecular formula is C13H21N3O. The summed E-state index contributed by atoms with van der Waals surface area (Å²) in [6.07, 6.45) is 2.43. The molecule has 2 heterocycles.